The van der Waals surface area contributed by atoms with Crippen molar-refractivity contribution in [2.24, 2.45) is 5.92 Å². The summed E-state index contributed by atoms with van der Waals surface area (Å²) in [5, 5.41) is 0. The maximum absolute atomic E-state index is 13.1. The number of carbonyl (C=O) groups is 3. The Balaban J connectivity index is 1.34. The Bertz CT molecular complexity index is 1320. The van der Waals surface area contributed by atoms with E-state index >= 15 is 0 Å². The highest BCUT2D eigenvalue weighted by Crippen LogP contribution is 2.35. The second-order valence-electron chi connectivity index (χ2n) is 9.79. The number of likely N-dealkylation sites (tertiary alicyclic amines) is 1. The number of rotatable bonds is 4. The van der Waals surface area contributed by atoms with Gasteiger partial charge < -0.3 is 19.4 Å². The first-order valence-corrected chi connectivity index (χ1v) is 12.3. The summed E-state index contributed by atoms with van der Waals surface area (Å²) in [6, 6.07) is 9.08. The second kappa shape index (κ2) is 8.51. The van der Waals surface area contributed by atoms with Crippen LogP contribution < -0.4 is 4.74 Å². The highest BCUT2D eigenvalue weighted by atomic mass is 127. The molecule has 2 aromatic carbocycles. The predicted molar refractivity (Wildman–Crippen MR) is 137 cm³/mol. The third-order valence-electron chi connectivity index (χ3n) is 6.05. The van der Waals surface area contributed by atoms with E-state index in [0.29, 0.717) is 46.8 Å². The smallest absolute Gasteiger partial charge is 0.410 e. The molecule has 0 aliphatic carbocycles. The van der Waals surface area contributed by atoms with Crippen LogP contribution in [0.1, 0.15) is 41.5 Å². The average Bonchev–Trinajstić information content (AvgIpc) is 3.26. The zero-order valence-electron chi connectivity index (χ0n) is 19.8. The van der Waals surface area contributed by atoms with Crippen LogP contribution in [0.25, 0.3) is 22.4 Å². The molecule has 3 aromatic rings. The van der Waals surface area contributed by atoms with E-state index in [1.165, 1.54) is 4.90 Å². The van der Waals surface area contributed by atoms with Crippen LogP contribution in [0.4, 0.5) is 4.79 Å². The summed E-state index contributed by atoms with van der Waals surface area (Å²) in [5.41, 5.74) is 2.23. The number of imidazole rings is 1. The molecule has 1 saturated heterocycles. The van der Waals surface area contributed by atoms with Crippen molar-refractivity contribution in [2.45, 2.75) is 26.4 Å². The first-order chi connectivity index (χ1) is 16.6. The lowest BCUT2D eigenvalue weighted by molar-refractivity contribution is -0.00439. The molecule has 3 heterocycles. The molecule has 1 N–H and O–H groups in total. The average molecular weight is 588 g/mol. The van der Waals surface area contributed by atoms with Gasteiger partial charge in [-0.15, -0.1) is 0 Å². The molecule has 1 fully saturated rings. The SMILES string of the molecule is COc1cccc(I)c1-c1nc2cc3c(cc2[nH]1)C(=O)N(CC1CN(C(=O)OC(C)(C)C)C1)C3=O. The number of fused-ring (bicyclic) bond motifs is 2. The van der Waals surface area contributed by atoms with Crippen molar-refractivity contribution < 1.29 is 23.9 Å². The van der Waals surface area contributed by atoms with E-state index in [2.05, 4.69) is 32.6 Å². The highest BCUT2D eigenvalue weighted by molar-refractivity contribution is 14.1. The summed E-state index contributed by atoms with van der Waals surface area (Å²) in [4.78, 5) is 49.2. The van der Waals surface area contributed by atoms with Gasteiger partial charge in [0.05, 0.1) is 34.8 Å². The number of aromatic nitrogens is 2. The number of imide groups is 1. The molecule has 0 spiro atoms. The van der Waals surface area contributed by atoms with Gasteiger partial charge in [0.1, 0.15) is 17.2 Å². The fourth-order valence-electron chi connectivity index (χ4n) is 4.40. The predicted octanol–water partition coefficient (Wildman–Crippen LogP) is 4.31. The number of methoxy groups -OCH3 is 1. The van der Waals surface area contributed by atoms with Gasteiger partial charge in [0.25, 0.3) is 11.8 Å². The van der Waals surface area contributed by atoms with Crippen molar-refractivity contribution in [3.63, 3.8) is 0 Å². The second-order valence-corrected chi connectivity index (χ2v) is 11.0. The summed E-state index contributed by atoms with van der Waals surface area (Å²) >= 11 is 2.22. The molecule has 0 saturated carbocycles. The molecule has 35 heavy (non-hydrogen) atoms. The Labute approximate surface area is 215 Å². The molecule has 0 radical (unpaired) electrons. The van der Waals surface area contributed by atoms with Gasteiger partial charge in [-0.25, -0.2) is 9.78 Å². The summed E-state index contributed by atoms with van der Waals surface area (Å²) in [5.74, 6) is 0.651. The van der Waals surface area contributed by atoms with Gasteiger partial charge in [-0.1, -0.05) is 6.07 Å². The zero-order valence-corrected chi connectivity index (χ0v) is 22.0. The maximum Gasteiger partial charge on any atom is 0.410 e. The fraction of sp³-hybridized carbons (Fsp3) is 0.360. The van der Waals surface area contributed by atoms with Gasteiger partial charge in [0.15, 0.2) is 0 Å². The highest BCUT2D eigenvalue weighted by Gasteiger charge is 2.41. The third kappa shape index (κ3) is 4.24. The number of H-pyrrole nitrogens is 1. The number of benzene rings is 2. The Morgan fingerprint density at radius 3 is 2.51 bits per heavy atom. The Morgan fingerprint density at radius 1 is 1.17 bits per heavy atom. The van der Waals surface area contributed by atoms with Crippen molar-refractivity contribution in [1.82, 2.24) is 19.8 Å². The molecule has 5 rings (SSSR count). The molecule has 3 amide bonds. The van der Waals surface area contributed by atoms with Crippen molar-refractivity contribution in [1.29, 1.82) is 0 Å². The van der Waals surface area contributed by atoms with E-state index in [1.807, 2.05) is 39.0 Å². The van der Waals surface area contributed by atoms with Crippen LogP contribution in [0, 0.1) is 9.49 Å². The summed E-state index contributed by atoms with van der Waals surface area (Å²) in [6.07, 6.45) is -0.378. The quantitative estimate of drug-likeness (QED) is 0.360. The van der Waals surface area contributed by atoms with E-state index in [1.54, 1.807) is 24.1 Å². The van der Waals surface area contributed by atoms with Crippen LogP contribution in [0.3, 0.4) is 0 Å². The van der Waals surface area contributed by atoms with Gasteiger partial charge in [0, 0.05) is 29.1 Å². The largest absolute Gasteiger partial charge is 0.496 e. The van der Waals surface area contributed by atoms with Gasteiger partial charge in [-0.05, 0) is 67.6 Å². The topological polar surface area (TPSA) is 105 Å². The minimum absolute atomic E-state index is 0.0203. The molecule has 10 heteroatoms. The number of nitrogens with one attached hydrogen (secondary N) is 1. The van der Waals surface area contributed by atoms with Crippen LogP contribution in [0.2, 0.25) is 0 Å². The van der Waals surface area contributed by atoms with Crippen LogP contribution in [0.5, 0.6) is 5.75 Å². The lowest BCUT2D eigenvalue weighted by atomic mass is 10.0. The number of hydrogen-bond donors (Lipinski definition) is 1. The summed E-state index contributed by atoms with van der Waals surface area (Å²) in [6.45, 7) is 6.61. The molecule has 9 nitrogen and oxygen atoms in total. The molecule has 182 valence electrons. The minimum atomic E-state index is -0.564. The number of amides is 3. The minimum Gasteiger partial charge on any atom is -0.496 e. The number of halogens is 1. The van der Waals surface area contributed by atoms with Gasteiger partial charge in [-0.3, -0.25) is 14.5 Å². The van der Waals surface area contributed by atoms with Crippen LogP contribution in [-0.4, -0.2) is 70.0 Å². The van der Waals surface area contributed by atoms with Crippen molar-refractivity contribution in [3.8, 4) is 17.1 Å². The zero-order chi connectivity index (χ0) is 25.1. The number of carbonyl (C=O) groups excluding carboxylic acids is 3. The number of hydrogen-bond acceptors (Lipinski definition) is 6. The van der Waals surface area contributed by atoms with Gasteiger partial charge in [-0.2, -0.15) is 0 Å². The fourth-order valence-corrected chi connectivity index (χ4v) is 5.13. The first kappa shape index (κ1) is 23.6. The molecular weight excluding hydrogens is 563 g/mol. The molecule has 2 aliphatic heterocycles. The number of aromatic amines is 1. The van der Waals surface area contributed by atoms with E-state index in [9.17, 15) is 14.4 Å². The normalized spacial score (nSPS) is 16.0. The lowest BCUT2D eigenvalue weighted by Gasteiger charge is -2.40. The van der Waals surface area contributed by atoms with Crippen molar-refractivity contribution in [3.05, 3.63) is 45.0 Å². The van der Waals surface area contributed by atoms with Crippen molar-refractivity contribution >= 4 is 51.5 Å². The summed E-state index contributed by atoms with van der Waals surface area (Å²) in [7, 11) is 1.60. The Morgan fingerprint density at radius 2 is 1.86 bits per heavy atom. The Kier molecular flexibility index (Phi) is 5.73. The maximum atomic E-state index is 13.1. The van der Waals surface area contributed by atoms with Crippen LogP contribution in [0.15, 0.2) is 30.3 Å². The van der Waals surface area contributed by atoms with E-state index in [4.69, 9.17) is 9.47 Å². The first-order valence-electron chi connectivity index (χ1n) is 11.3. The monoisotopic (exact) mass is 588 g/mol. The van der Waals surface area contributed by atoms with Crippen LogP contribution in [-0.2, 0) is 4.74 Å². The molecule has 1 aromatic heterocycles. The Hall–Kier alpha value is -3.15. The molecule has 0 unspecified atom stereocenters. The van der Waals surface area contributed by atoms with Gasteiger partial charge >= 0.3 is 6.09 Å². The molecular formula is C25H25IN4O5. The lowest BCUT2D eigenvalue weighted by Crippen LogP contribution is -2.55. The molecule has 0 atom stereocenters. The standard InChI is InChI=1S/C25H25IN4O5/c1-25(2,3)35-24(33)29-10-13(11-29)12-30-22(31)14-8-17-18(9-15(14)23(30)32)28-21(27-17)20-16(26)6-5-7-19(20)34-4/h5-9,13H,10-12H2,1-4H3,(H,27,28). The van der Waals surface area contributed by atoms with Crippen LogP contribution >= 0.6 is 22.6 Å². The molecule has 0 bridgehead atoms. The van der Waals surface area contributed by atoms with E-state index < -0.39 is 5.60 Å². The van der Waals surface area contributed by atoms with Gasteiger partial charge in [0.2, 0.25) is 0 Å². The third-order valence-corrected chi connectivity index (χ3v) is 6.95. The number of nitrogens with zero attached hydrogens (tertiary/aromatic N) is 3. The summed E-state index contributed by atoms with van der Waals surface area (Å²) < 4.78 is 11.8. The molecule has 2 aliphatic rings. The van der Waals surface area contributed by atoms with Crippen molar-refractivity contribution in [2.75, 3.05) is 26.7 Å². The number of ether oxygens (including phenoxy) is 2. The van der Waals surface area contributed by atoms with E-state index in [0.717, 1.165) is 9.13 Å². The van der Waals surface area contributed by atoms with E-state index in [-0.39, 0.29) is 30.4 Å².